The monoisotopic (exact) mass is 448 g/mol. The van der Waals surface area contributed by atoms with Gasteiger partial charge >= 0.3 is 12.1 Å². The molecular weight excluding hydrogens is 436 g/mol. The number of esters is 1. The highest BCUT2D eigenvalue weighted by atomic mass is 35.5. The Kier molecular flexibility index (Phi) is 7.58. The Morgan fingerprint density at radius 3 is 2.31 bits per heavy atom. The van der Waals surface area contributed by atoms with Crippen LogP contribution in [0.15, 0.2) is 36.5 Å². The first kappa shape index (κ1) is 22.6. The van der Waals surface area contributed by atoms with Crippen LogP contribution in [0, 0.1) is 0 Å². The van der Waals surface area contributed by atoms with Crippen molar-refractivity contribution in [2.75, 3.05) is 11.9 Å². The Bertz CT molecular complexity index is 918. The Morgan fingerprint density at radius 1 is 1.07 bits per heavy atom. The van der Waals surface area contributed by atoms with Crippen LogP contribution < -0.4 is 5.32 Å². The summed E-state index contributed by atoms with van der Waals surface area (Å²) in [5, 5.41) is 2.18. The average molecular weight is 449 g/mol. The molecule has 1 N–H and O–H groups in total. The molecule has 29 heavy (non-hydrogen) atoms. The Morgan fingerprint density at radius 2 is 1.72 bits per heavy atom. The van der Waals surface area contributed by atoms with Gasteiger partial charge < -0.3 is 10.1 Å². The van der Waals surface area contributed by atoms with E-state index in [9.17, 15) is 27.6 Å². The zero-order valence-electron chi connectivity index (χ0n) is 14.6. The second-order valence-electron chi connectivity index (χ2n) is 5.69. The molecule has 0 saturated carbocycles. The topological polar surface area (TPSA) is 85.4 Å². The van der Waals surface area contributed by atoms with Gasteiger partial charge in [0.2, 0.25) is 0 Å². The summed E-state index contributed by atoms with van der Waals surface area (Å²) in [7, 11) is 0. The molecule has 0 spiro atoms. The third kappa shape index (κ3) is 7.03. The minimum absolute atomic E-state index is 0.131. The van der Waals surface area contributed by atoms with Crippen LogP contribution in [-0.2, 0) is 20.5 Å². The molecule has 11 heteroatoms. The summed E-state index contributed by atoms with van der Waals surface area (Å²) in [4.78, 5) is 38.8. The summed E-state index contributed by atoms with van der Waals surface area (Å²) in [6, 6.07) is 6.72. The molecule has 0 aliphatic rings. The van der Waals surface area contributed by atoms with Gasteiger partial charge in [-0.25, -0.2) is 4.98 Å². The second-order valence-corrected chi connectivity index (χ2v) is 6.53. The van der Waals surface area contributed by atoms with E-state index in [1.807, 2.05) is 0 Å². The lowest BCUT2D eigenvalue weighted by Gasteiger charge is -2.10. The Hall–Kier alpha value is -2.65. The van der Waals surface area contributed by atoms with E-state index in [1.54, 1.807) is 0 Å². The number of Topliss-reactive ketones (excluding diaryl/α,β-unsaturated/α-hetero) is 1. The highest BCUT2D eigenvalue weighted by Gasteiger charge is 2.31. The van der Waals surface area contributed by atoms with E-state index in [1.165, 1.54) is 24.3 Å². The second kappa shape index (κ2) is 9.71. The minimum atomic E-state index is -4.63. The van der Waals surface area contributed by atoms with Gasteiger partial charge in [-0.1, -0.05) is 23.2 Å². The molecule has 2 rings (SSSR count). The number of halogens is 5. The molecule has 0 unspecified atom stereocenters. The number of amides is 1. The number of anilines is 1. The van der Waals surface area contributed by atoms with Gasteiger partial charge in [0, 0.05) is 23.2 Å². The summed E-state index contributed by atoms with van der Waals surface area (Å²) in [6.45, 7) is -0.715. The molecule has 1 heterocycles. The quantitative estimate of drug-likeness (QED) is 0.495. The lowest BCUT2D eigenvalue weighted by molar-refractivity contribution is -0.147. The van der Waals surface area contributed by atoms with E-state index in [2.05, 4.69) is 10.3 Å². The summed E-state index contributed by atoms with van der Waals surface area (Å²) in [6.07, 6.45) is -4.50. The van der Waals surface area contributed by atoms with Crippen LogP contribution in [0.4, 0.5) is 19.0 Å². The largest absolute Gasteiger partial charge is 0.456 e. The number of hydrogen-bond donors (Lipinski definition) is 1. The molecule has 6 nitrogen and oxygen atoms in total. The van der Waals surface area contributed by atoms with Crippen molar-refractivity contribution in [3.63, 3.8) is 0 Å². The smallest absolute Gasteiger partial charge is 0.417 e. The predicted molar refractivity (Wildman–Crippen MR) is 98.9 cm³/mol. The number of pyridine rings is 1. The molecule has 2 aromatic rings. The van der Waals surface area contributed by atoms with E-state index in [-0.39, 0.29) is 24.4 Å². The maximum Gasteiger partial charge on any atom is 0.417 e. The van der Waals surface area contributed by atoms with Gasteiger partial charge in [-0.2, -0.15) is 13.2 Å². The number of nitrogens with zero attached hydrogens (tertiary/aromatic N) is 1. The molecule has 0 radical (unpaired) electrons. The van der Waals surface area contributed by atoms with Crippen LogP contribution in [-0.4, -0.2) is 29.3 Å². The number of alkyl halides is 3. The number of aromatic nitrogens is 1. The molecule has 0 aliphatic heterocycles. The standard InChI is InChI=1S/C18H13Cl2F3N2O4/c19-12-3-1-10(2-4-12)14(26)5-6-16(28)29-9-15(27)25-17-13(20)7-11(8-24-17)18(21,22)23/h1-4,7-8H,5-6,9H2,(H,24,25,27). The maximum atomic E-state index is 12.6. The third-order valence-corrected chi connectivity index (χ3v) is 4.05. The van der Waals surface area contributed by atoms with Crippen LogP contribution in [0.5, 0.6) is 0 Å². The molecule has 154 valence electrons. The zero-order valence-corrected chi connectivity index (χ0v) is 16.1. The van der Waals surface area contributed by atoms with E-state index in [4.69, 9.17) is 27.9 Å². The fourth-order valence-electron chi connectivity index (χ4n) is 2.07. The molecule has 1 amide bonds. The molecule has 0 aliphatic carbocycles. The lowest BCUT2D eigenvalue weighted by atomic mass is 10.1. The lowest BCUT2D eigenvalue weighted by Crippen LogP contribution is -2.22. The number of rotatable bonds is 7. The van der Waals surface area contributed by atoms with Crippen molar-refractivity contribution < 1.29 is 32.3 Å². The van der Waals surface area contributed by atoms with Crippen molar-refractivity contribution in [3.05, 3.63) is 57.7 Å². The molecule has 1 aromatic carbocycles. The molecule has 0 fully saturated rings. The van der Waals surface area contributed by atoms with Crippen molar-refractivity contribution in [1.82, 2.24) is 4.98 Å². The van der Waals surface area contributed by atoms with Gasteiger partial charge in [-0.3, -0.25) is 14.4 Å². The first-order chi connectivity index (χ1) is 13.6. The van der Waals surface area contributed by atoms with Gasteiger partial charge in [-0.05, 0) is 30.3 Å². The fraction of sp³-hybridized carbons (Fsp3) is 0.222. The number of benzene rings is 1. The van der Waals surface area contributed by atoms with Crippen molar-refractivity contribution in [3.8, 4) is 0 Å². The number of hydrogen-bond acceptors (Lipinski definition) is 5. The van der Waals surface area contributed by atoms with Crippen LogP contribution in [0.2, 0.25) is 10.0 Å². The number of ketones is 1. The molecule has 0 atom stereocenters. The minimum Gasteiger partial charge on any atom is -0.456 e. The van der Waals surface area contributed by atoms with Gasteiger partial charge in [0.05, 0.1) is 17.0 Å². The summed E-state index contributed by atoms with van der Waals surface area (Å²) in [5.74, 6) is -2.26. The normalized spacial score (nSPS) is 11.1. The summed E-state index contributed by atoms with van der Waals surface area (Å²) in [5.41, 5.74) is -0.694. The van der Waals surface area contributed by atoms with E-state index in [0.717, 1.165) is 0 Å². The summed E-state index contributed by atoms with van der Waals surface area (Å²) >= 11 is 11.4. The van der Waals surface area contributed by atoms with Crippen molar-refractivity contribution in [2.45, 2.75) is 19.0 Å². The molecular formula is C18H13Cl2F3N2O4. The Balaban J connectivity index is 1.79. The zero-order chi connectivity index (χ0) is 21.6. The van der Waals surface area contributed by atoms with Crippen LogP contribution in [0.25, 0.3) is 0 Å². The van der Waals surface area contributed by atoms with Crippen molar-refractivity contribution >= 4 is 46.7 Å². The maximum absolute atomic E-state index is 12.6. The number of ether oxygens (including phenoxy) is 1. The van der Waals surface area contributed by atoms with Gasteiger partial charge in [-0.15, -0.1) is 0 Å². The molecule has 1 aromatic heterocycles. The van der Waals surface area contributed by atoms with Crippen LogP contribution in [0.1, 0.15) is 28.8 Å². The first-order valence-electron chi connectivity index (χ1n) is 8.03. The SMILES string of the molecule is O=C(COC(=O)CCC(=O)c1ccc(Cl)cc1)Nc1ncc(C(F)(F)F)cc1Cl. The van der Waals surface area contributed by atoms with Crippen molar-refractivity contribution in [2.24, 2.45) is 0 Å². The third-order valence-electron chi connectivity index (χ3n) is 3.51. The van der Waals surface area contributed by atoms with Gasteiger partial charge in [0.1, 0.15) is 0 Å². The highest BCUT2D eigenvalue weighted by Crippen LogP contribution is 2.32. The van der Waals surface area contributed by atoms with Crippen LogP contribution in [0.3, 0.4) is 0 Å². The van der Waals surface area contributed by atoms with Gasteiger partial charge in [0.25, 0.3) is 5.91 Å². The fourth-order valence-corrected chi connectivity index (χ4v) is 2.41. The molecule has 0 saturated heterocycles. The first-order valence-corrected chi connectivity index (χ1v) is 8.79. The van der Waals surface area contributed by atoms with E-state index < -0.39 is 35.2 Å². The van der Waals surface area contributed by atoms with Crippen molar-refractivity contribution in [1.29, 1.82) is 0 Å². The number of nitrogens with one attached hydrogen (secondary N) is 1. The predicted octanol–water partition coefficient (Wildman–Crippen LogP) is 4.55. The van der Waals surface area contributed by atoms with E-state index >= 15 is 0 Å². The van der Waals surface area contributed by atoms with Crippen LogP contribution >= 0.6 is 23.2 Å². The summed E-state index contributed by atoms with van der Waals surface area (Å²) < 4.78 is 42.4. The molecule has 0 bridgehead atoms. The highest BCUT2D eigenvalue weighted by molar-refractivity contribution is 6.33. The Labute approximate surface area is 173 Å². The number of carbonyl (C=O) groups excluding carboxylic acids is 3. The van der Waals surface area contributed by atoms with E-state index in [0.29, 0.717) is 22.8 Å². The number of carbonyl (C=O) groups is 3. The average Bonchev–Trinajstić information content (AvgIpc) is 2.65. The van der Waals surface area contributed by atoms with Gasteiger partial charge in [0.15, 0.2) is 18.2 Å².